The van der Waals surface area contributed by atoms with Crippen molar-refractivity contribution in [3.05, 3.63) is 90.1 Å². The Bertz CT molecular complexity index is 1550. The van der Waals surface area contributed by atoms with Gasteiger partial charge in [-0.3, -0.25) is 0 Å². The van der Waals surface area contributed by atoms with Crippen LogP contribution in [0.15, 0.2) is 77.8 Å². The summed E-state index contributed by atoms with van der Waals surface area (Å²) in [6.45, 7) is 2.06. The van der Waals surface area contributed by atoms with E-state index < -0.39 is 0 Å². The third-order valence-corrected chi connectivity index (χ3v) is 6.94. The van der Waals surface area contributed by atoms with Crippen molar-refractivity contribution in [1.82, 2.24) is 29.6 Å². The molecule has 0 bridgehead atoms. The van der Waals surface area contributed by atoms with Gasteiger partial charge in [0.2, 0.25) is 12.2 Å². The van der Waals surface area contributed by atoms with Gasteiger partial charge < -0.3 is 19.5 Å². The second-order valence-electron chi connectivity index (χ2n) is 9.51. The molecule has 39 heavy (non-hydrogen) atoms. The minimum atomic E-state index is -0.284. The van der Waals surface area contributed by atoms with E-state index in [0.717, 1.165) is 41.0 Å². The SMILES string of the molecule is [B]c1cnn2c(NCc3ccc(-c4ncon4)cc3)cc(C3CCN(C(=O)OCc4ccccc4)CC3)nc12. The Balaban J connectivity index is 1.11. The third kappa shape index (κ3) is 5.47. The first-order chi connectivity index (χ1) is 19.1. The van der Waals surface area contributed by atoms with Gasteiger partial charge in [-0.25, -0.2) is 9.78 Å². The zero-order valence-electron chi connectivity index (χ0n) is 21.2. The molecule has 1 N–H and O–H groups in total. The van der Waals surface area contributed by atoms with E-state index in [9.17, 15) is 4.79 Å². The molecule has 6 rings (SSSR count). The van der Waals surface area contributed by atoms with Gasteiger partial charge >= 0.3 is 6.09 Å². The number of piperidine rings is 1. The first-order valence-electron chi connectivity index (χ1n) is 12.8. The van der Waals surface area contributed by atoms with E-state index in [1.54, 1.807) is 15.6 Å². The number of carbonyl (C=O) groups excluding carboxylic acids is 1. The summed E-state index contributed by atoms with van der Waals surface area (Å²) in [6.07, 6.45) is 4.22. The van der Waals surface area contributed by atoms with Gasteiger partial charge in [-0.15, -0.1) is 0 Å². The molecule has 194 valence electrons. The fraction of sp³-hybridized carbons (Fsp3) is 0.250. The van der Waals surface area contributed by atoms with Crippen molar-refractivity contribution in [3.8, 4) is 11.4 Å². The van der Waals surface area contributed by atoms with Crippen molar-refractivity contribution >= 4 is 30.9 Å². The van der Waals surface area contributed by atoms with Crippen LogP contribution in [-0.2, 0) is 17.9 Å². The molecule has 1 amide bonds. The highest BCUT2D eigenvalue weighted by Gasteiger charge is 2.26. The molecule has 11 heteroatoms. The van der Waals surface area contributed by atoms with Crippen LogP contribution >= 0.6 is 0 Å². The average molecular weight is 519 g/mol. The van der Waals surface area contributed by atoms with Crippen LogP contribution in [0.3, 0.4) is 0 Å². The van der Waals surface area contributed by atoms with Crippen molar-refractivity contribution in [1.29, 1.82) is 0 Å². The van der Waals surface area contributed by atoms with E-state index in [1.165, 1.54) is 6.39 Å². The number of benzene rings is 2. The number of hydrogen-bond acceptors (Lipinski definition) is 8. The van der Waals surface area contributed by atoms with Crippen LogP contribution in [0, 0.1) is 0 Å². The highest BCUT2D eigenvalue weighted by molar-refractivity contribution is 6.36. The van der Waals surface area contributed by atoms with Crippen LogP contribution in [-0.4, -0.2) is 56.7 Å². The molecular weight excluding hydrogens is 493 g/mol. The Labute approximate surface area is 226 Å². The molecule has 0 unspecified atom stereocenters. The first kappa shape index (κ1) is 24.7. The molecule has 1 aliphatic heterocycles. The summed E-state index contributed by atoms with van der Waals surface area (Å²) in [5.41, 5.74) is 5.01. The first-order valence-corrected chi connectivity index (χ1v) is 12.8. The zero-order chi connectivity index (χ0) is 26.6. The normalized spacial score (nSPS) is 14.0. The van der Waals surface area contributed by atoms with Gasteiger partial charge in [0, 0.05) is 49.1 Å². The quantitative estimate of drug-likeness (QED) is 0.324. The van der Waals surface area contributed by atoms with Gasteiger partial charge in [0.15, 0.2) is 0 Å². The smallest absolute Gasteiger partial charge is 0.410 e. The number of rotatable bonds is 7. The second kappa shape index (κ2) is 11.0. The molecular formula is C28H26BN7O3. The van der Waals surface area contributed by atoms with Gasteiger partial charge in [-0.2, -0.15) is 14.6 Å². The topological polar surface area (TPSA) is 111 Å². The minimum absolute atomic E-state index is 0.192. The Morgan fingerprint density at radius 3 is 2.62 bits per heavy atom. The lowest BCUT2D eigenvalue weighted by Crippen LogP contribution is -2.38. The van der Waals surface area contributed by atoms with Crippen molar-refractivity contribution < 1.29 is 14.1 Å². The van der Waals surface area contributed by atoms with Crippen LogP contribution in [0.25, 0.3) is 17.0 Å². The van der Waals surface area contributed by atoms with Gasteiger partial charge in [-0.05, 0) is 29.4 Å². The number of nitrogens with one attached hydrogen (secondary N) is 1. The number of anilines is 1. The molecule has 1 saturated heterocycles. The zero-order valence-corrected chi connectivity index (χ0v) is 21.2. The molecule has 0 atom stereocenters. The summed E-state index contributed by atoms with van der Waals surface area (Å²) in [5, 5.41) is 11.8. The van der Waals surface area contributed by atoms with E-state index >= 15 is 0 Å². The summed E-state index contributed by atoms with van der Waals surface area (Å²) in [6, 6.07) is 19.7. The maximum atomic E-state index is 12.6. The van der Waals surface area contributed by atoms with E-state index in [0.29, 0.717) is 36.6 Å². The molecule has 1 fully saturated rings. The fourth-order valence-corrected chi connectivity index (χ4v) is 4.76. The van der Waals surface area contributed by atoms with Gasteiger partial charge in [0.05, 0.1) is 0 Å². The Kier molecular flexibility index (Phi) is 6.94. The highest BCUT2D eigenvalue weighted by Crippen LogP contribution is 2.29. The largest absolute Gasteiger partial charge is 0.445 e. The maximum Gasteiger partial charge on any atom is 0.410 e. The number of ether oxygens (including phenoxy) is 1. The summed E-state index contributed by atoms with van der Waals surface area (Å²) in [5.74, 6) is 1.55. The molecule has 4 heterocycles. The van der Waals surface area contributed by atoms with E-state index in [-0.39, 0.29) is 18.6 Å². The molecule has 3 aromatic heterocycles. The van der Waals surface area contributed by atoms with Crippen LogP contribution < -0.4 is 10.8 Å². The van der Waals surface area contributed by atoms with Crippen molar-refractivity contribution in [2.75, 3.05) is 18.4 Å². The molecule has 0 aliphatic carbocycles. The minimum Gasteiger partial charge on any atom is -0.445 e. The number of aromatic nitrogens is 5. The van der Waals surface area contributed by atoms with Gasteiger partial charge in [0.1, 0.15) is 25.9 Å². The van der Waals surface area contributed by atoms with Crippen molar-refractivity contribution in [2.45, 2.75) is 31.9 Å². The number of likely N-dealkylation sites (tertiary alicyclic amines) is 1. The summed E-state index contributed by atoms with van der Waals surface area (Å²) < 4.78 is 12.1. The molecule has 1 aliphatic rings. The summed E-state index contributed by atoms with van der Waals surface area (Å²) in [7, 11) is 6.19. The lowest BCUT2D eigenvalue weighted by molar-refractivity contribution is 0.0868. The number of amides is 1. The Hall–Kier alpha value is -4.67. The molecule has 0 spiro atoms. The van der Waals surface area contributed by atoms with Gasteiger partial charge in [-0.1, -0.05) is 59.8 Å². The van der Waals surface area contributed by atoms with E-state index in [2.05, 4.69) is 20.6 Å². The maximum absolute atomic E-state index is 12.6. The van der Waals surface area contributed by atoms with Crippen molar-refractivity contribution in [3.63, 3.8) is 0 Å². The Morgan fingerprint density at radius 2 is 1.87 bits per heavy atom. The average Bonchev–Trinajstić information content (AvgIpc) is 3.66. The van der Waals surface area contributed by atoms with Crippen molar-refractivity contribution in [2.24, 2.45) is 0 Å². The number of fused-ring (bicyclic) bond motifs is 1. The number of nitrogens with zero attached hydrogens (tertiary/aromatic N) is 6. The summed E-state index contributed by atoms with van der Waals surface area (Å²) in [4.78, 5) is 23.3. The molecule has 2 aromatic carbocycles. The molecule has 10 nitrogen and oxygen atoms in total. The van der Waals surface area contributed by atoms with Crippen LogP contribution in [0.1, 0.15) is 35.6 Å². The Morgan fingerprint density at radius 1 is 1.08 bits per heavy atom. The predicted octanol–water partition coefficient (Wildman–Crippen LogP) is 3.70. The number of hydrogen-bond donors (Lipinski definition) is 1. The van der Waals surface area contributed by atoms with E-state index in [1.807, 2.05) is 60.7 Å². The predicted molar refractivity (Wildman–Crippen MR) is 146 cm³/mol. The van der Waals surface area contributed by atoms with Crippen LogP contribution in [0.4, 0.5) is 10.6 Å². The third-order valence-electron chi connectivity index (χ3n) is 6.94. The fourth-order valence-electron chi connectivity index (χ4n) is 4.76. The summed E-state index contributed by atoms with van der Waals surface area (Å²) >= 11 is 0. The van der Waals surface area contributed by atoms with Crippen LogP contribution in [0.2, 0.25) is 0 Å². The number of carbonyl (C=O) groups is 1. The monoisotopic (exact) mass is 519 g/mol. The highest BCUT2D eigenvalue weighted by atomic mass is 16.6. The molecule has 2 radical (unpaired) electrons. The lowest BCUT2D eigenvalue weighted by atomic mass is 9.93. The molecule has 5 aromatic rings. The van der Waals surface area contributed by atoms with E-state index in [4.69, 9.17) is 22.1 Å². The molecule has 0 saturated carbocycles. The van der Waals surface area contributed by atoms with Crippen LogP contribution in [0.5, 0.6) is 0 Å². The van der Waals surface area contributed by atoms with Gasteiger partial charge in [0.25, 0.3) is 0 Å². The standard InChI is InChI=1S/C28H26BN7O3/c29-23-16-32-36-25(30-15-19-6-8-22(9-7-19)26-31-18-39-34-26)14-24(33-27(23)36)21-10-12-35(13-11-21)28(37)38-17-20-4-2-1-3-5-20/h1-9,14,16,18,21,30H,10-13,15,17H2. The second-order valence-corrected chi connectivity index (χ2v) is 9.51. The lowest BCUT2D eigenvalue weighted by Gasteiger charge is -2.31.